The summed E-state index contributed by atoms with van der Waals surface area (Å²) in [7, 11) is 0. The van der Waals surface area contributed by atoms with Crippen molar-refractivity contribution in [1.82, 2.24) is 10.6 Å². The first-order chi connectivity index (χ1) is 21.6. The maximum absolute atomic E-state index is 13.8. The Labute approximate surface area is 273 Å². The molecule has 0 aromatic heterocycles. The van der Waals surface area contributed by atoms with E-state index < -0.39 is 64.7 Å². The van der Waals surface area contributed by atoms with Gasteiger partial charge in [-0.15, -0.1) is 0 Å². The predicted molar refractivity (Wildman–Crippen MR) is 167 cm³/mol. The largest absolute Gasteiger partial charge is 0.480 e. The lowest BCUT2D eigenvalue weighted by Crippen LogP contribution is -2.61. The number of carboxylic acid groups (broad SMARTS) is 1. The number of allylic oxidation sites excluding steroid dienone is 1. The molecule has 0 heterocycles. The third-order valence-electron chi connectivity index (χ3n) is 11.2. The molecule has 254 valence electrons. The molecule has 4 aliphatic rings. The molecule has 4 rings (SSSR count). The first-order valence-electron chi connectivity index (χ1n) is 16.1. The quantitative estimate of drug-likeness (QED) is 0.211. The normalized spacial score (nSPS) is 33.0. The van der Waals surface area contributed by atoms with Gasteiger partial charge >= 0.3 is 11.9 Å². The molecule has 0 radical (unpaired) electrons. The van der Waals surface area contributed by atoms with Crippen LogP contribution < -0.4 is 10.6 Å². The van der Waals surface area contributed by atoms with E-state index in [4.69, 9.17) is 4.74 Å². The lowest BCUT2D eigenvalue weighted by molar-refractivity contribution is -0.173. The van der Waals surface area contributed by atoms with Crippen LogP contribution >= 0.6 is 11.8 Å². The first-order valence-corrected chi connectivity index (χ1v) is 17.5. The van der Waals surface area contributed by atoms with Crippen molar-refractivity contribution in [3.63, 3.8) is 0 Å². The summed E-state index contributed by atoms with van der Waals surface area (Å²) in [5, 5.41) is 25.9. The van der Waals surface area contributed by atoms with Gasteiger partial charge < -0.3 is 25.6 Å². The van der Waals surface area contributed by atoms with Gasteiger partial charge in [-0.25, -0.2) is 4.79 Å². The van der Waals surface area contributed by atoms with Crippen LogP contribution in [0.3, 0.4) is 0 Å². The number of hydrogen-bond acceptors (Lipinski definition) is 10. The topological polar surface area (TPSA) is 193 Å². The summed E-state index contributed by atoms with van der Waals surface area (Å²) in [6.07, 6.45) is 6.26. The summed E-state index contributed by atoms with van der Waals surface area (Å²) in [6, 6.07) is -2.13. The molecular weight excluding hydrogens is 616 g/mol. The smallest absolute Gasteiger partial charge is 0.326 e. The zero-order valence-corrected chi connectivity index (χ0v) is 27.8. The number of hydrogen-bond donors (Lipinski definition) is 4. The van der Waals surface area contributed by atoms with Crippen LogP contribution in [0, 0.1) is 28.6 Å². The molecule has 3 saturated carbocycles. The van der Waals surface area contributed by atoms with E-state index in [9.17, 15) is 43.8 Å². The van der Waals surface area contributed by atoms with E-state index in [2.05, 4.69) is 17.6 Å². The fraction of sp³-hybridized carbons (Fsp3) is 0.727. The number of carbonyl (C=O) groups excluding carboxylic acids is 6. The van der Waals surface area contributed by atoms with E-state index in [1.165, 1.54) is 18.7 Å². The second-order valence-electron chi connectivity index (χ2n) is 13.9. The molecule has 0 unspecified atom stereocenters. The summed E-state index contributed by atoms with van der Waals surface area (Å²) < 4.78 is 5.16. The van der Waals surface area contributed by atoms with Gasteiger partial charge in [0.05, 0.1) is 6.42 Å². The van der Waals surface area contributed by atoms with Crippen molar-refractivity contribution in [3.05, 3.63) is 11.6 Å². The summed E-state index contributed by atoms with van der Waals surface area (Å²) in [4.78, 5) is 87.8. The lowest BCUT2D eigenvalue weighted by Gasteiger charge is -2.57. The number of ketones is 3. The Morgan fingerprint density at radius 2 is 1.78 bits per heavy atom. The number of thioether (sulfide) groups is 1. The van der Waals surface area contributed by atoms with Crippen molar-refractivity contribution in [2.45, 2.75) is 103 Å². The molecule has 0 spiro atoms. The highest BCUT2D eigenvalue weighted by molar-refractivity contribution is 7.98. The number of ether oxygens (including phenoxy) is 1. The molecule has 0 aliphatic heterocycles. The molecule has 4 aliphatic carbocycles. The van der Waals surface area contributed by atoms with Gasteiger partial charge in [0, 0.05) is 30.6 Å². The predicted octanol–water partition coefficient (Wildman–Crippen LogP) is 2.15. The van der Waals surface area contributed by atoms with E-state index in [1.807, 2.05) is 6.26 Å². The molecule has 13 heteroatoms. The Morgan fingerprint density at radius 3 is 2.46 bits per heavy atom. The Hall–Kier alpha value is -3.06. The van der Waals surface area contributed by atoms with Gasteiger partial charge in [-0.1, -0.05) is 19.4 Å². The van der Waals surface area contributed by atoms with Crippen molar-refractivity contribution >= 4 is 52.9 Å². The van der Waals surface area contributed by atoms with Crippen molar-refractivity contribution in [3.8, 4) is 0 Å². The second kappa shape index (κ2) is 14.0. The van der Waals surface area contributed by atoms with Crippen LogP contribution in [0.2, 0.25) is 0 Å². The molecular formula is C33H46N2O10S. The number of carboxylic acids is 1. The number of rotatable bonds is 13. The summed E-state index contributed by atoms with van der Waals surface area (Å²) >= 11 is 1.44. The zero-order valence-electron chi connectivity index (χ0n) is 27.0. The molecule has 0 aromatic rings. The molecule has 12 nitrogen and oxygen atoms in total. The fourth-order valence-electron chi connectivity index (χ4n) is 8.57. The Kier molecular flexibility index (Phi) is 10.9. The number of esters is 1. The van der Waals surface area contributed by atoms with Gasteiger partial charge in [-0.05, 0) is 80.8 Å². The second-order valence-corrected chi connectivity index (χ2v) is 14.8. The van der Waals surface area contributed by atoms with Gasteiger partial charge in [-0.3, -0.25) is 28.8 Å². The molecule has 8 atom stereocenters. The lowest BCUT2D eigenvalue weighted by atomic mass is 9.46. The van der Waals surface area contributed by atoms with Crippen LogP contribution in [0.5, 0.6) is 0 Å². The van der Waals surface area contributed by atoms with Gasteiger partial charge in [0.15, 0.2) is 12.4 Å². The van der Waals surface area contributed by atoms with Crippen LogP contribution in [0.4, 0.5) is 0 Å². The number of aliphatic hydroxyl groups is 1. The molecule has 2 amide bonds. The van der Waals surface area contributed by atoms with Crippen molar-refractivity contribution < 1.29 is 48.5 Å². The van der Waals surface area contributed by atoms with Crippen LogP contribution in [0.25, 0.3) is 0 Å². The summed E-state index contributed by atoms with van der Waals surface area (Å²) in [6.45, 7) is 4.57. The van der Waals surface area contributed by atoms with Crippen LogP contribution in [-0.4, -0.2) is 87.6 Å². The maximum Gasteiger partial charge on any atom is 0.326 e. The number of amides is 2. The monoisotopic (exact) mass is 662 g/mol. The number of carbonyl (C=O) groups is 7. The highest BCUT2D eigenvalue weighted by Gasteiger charge is 2.68. The van der Waals surface area contributed by atoms with E-state index in [-0.39, 0.29) is 61.4 Å². The third kappa shape index (κ3) is 6.81. The van der Waals surface area contributed by atoms with Crippen molar-refractivity contribution in [1.29, 1.82) is 0 Å². The number of nitrogens with one attached hydrogen (secondary N) is 2. The SMILES string of the molecule is CSCC[C@H](NC(=O)[C@H](C)NC(=O)CCC(=O)OCC(=O)[C@@]1(O)CC[C@@H]2[C@H]3CCC4=CC(=O)CC[C@]4(C)[C@H]3C(=O)C[C@@]21C)C(=O)O. The molecule has 0 bridgehead atoms. The molecule has 0 saturated heterocycles. The van der Waals surface area contributed by atoms with Crippen molar-refractivity contribution in [2.24, 2.45) is 28.6 Å². The number of fused-ring (bicyclic) bond motifs is 5. The minimum Gasteiger partial charge on any atom is -0.480 e. The van der Waals surface area contributed by atoms with Gasteiger partial charge in [0.1, 0.15) is 23.5 Å². The molecule has 0 aromatic carbocycles. The zero-order chi connectivity index (χ0) is 34.0. The highest BCUT2D eigenvalue weighted by atomic mass is 32.2. The van der Waals surface area contributed by atoms with Gasteiger partial charge in [-0.2, -0.15) is 11.8 Å². The van der Waals surface area contributed by atoms with Crippen molar-refractivity contribution in [2.75, 3.05) is 18.6 Å². The van der Waals surface area contributed by atoms with Crippen LogP contribution in [-0.2, 0) is 38.3 Å². The fourth-order valence-corrected chi connectivity index (χ4v) is 9.04. The summed E-state index contributed by atoms with van der Waals surface area (Å²) in [5.41, 5.74) is -2.21. The number of aliphatic carboxylic acids is 1. The van der Waals surface area contributed by atoms with Gasteiger partial charge in [0.2, 0.25) is 17.6 Å². The highest BCUT2D eigenvalue weighted by Crippen LogP contribution is 2.66. The molecule has 46 heavy (non-hydrogen) atoms. The minimum absolute atomic E-state index is 0.00341. The average Bonchev–Trinajstić information content (AvgIpc) is 3.27. The number of Topliss-reactive ketones (excluding diaryl/α,β-unsaturated/α-hetero) is 2. The van der Waals surface area contributed by atoms with E-state index in [0.29, 0.717) is 37.9 Å². The Bertz CT molecular complexity index is 1330. The maximum atomic E-state index is 13.8. The standard InChI is InChI=1S/C33H46N2O10S/c1-18(29(41)35-23(30(42)43)11-14-46-4)34-26(39)7-8-27(40)45-17-25(38)33(44)13-10-22-21-6-5-19-15-20(36)9-12-31(19,2)28(21)24(37)16-32(22,33)3/h15,18,21-23,28,44H,5-14,16-17H2,1-4H3,(H,34,39)(H,35,41)(H,42,43)/t18-,21+,22+,23-,28+,31-,32-,33-/m0/s1. The first kappa shape index (κ1) is 35.8. The van der Waals surface area contributed by atoms with Gasteiger partial charge in [0.25, 0.3) is 0 Å². The van der Waals surface area contributed by atoms with Crippen LogP contribution in [0.15, 0.2) is 11.6 Å². The minimum atomic E-state index is -1.85. The van der Waals surface area contributed by atoms with E-state index in [1.54, 1.807) is 13.0 Å². The Balaban J connectivity index is 1.29. The third-order valence-corrected chi connectivity index (χ3v) is 11.8. The van der Waals surface area contributed by atoms with E-state index >= 15 is 0 Å². The molecule has 4 N–H and O–H groups in total. The summed E-state index contributed by atoms with van der Waals surface area (Å²) in [5.74, 6) is -3.71. The Morgan fingerprint density at radius 1 is 1.07 bits per heavy atom. The molecule has 3 fully saturated rings. The van der Waals surface area contributed by atoms with E-state index in [0.717, 1.165) is 5.57 Å². The average molecular weight is 663 g/mol. The van der Waals surface area contributed by atoms with Crippen LogP contribution in [0.1, 0.15) is 85.0 Å².